The highest BCUT2D eigenvalue weighted by Gasteiger charge is 2.40. The predicted octanol–water partition coefficient (Wildman–Crippen LogP) is 11.1. The summed E-state index contributed by atoms with van der Waals surface area (Å²) in [7, 11) is 2.26. The van der Waals surface area contributed by atoms with Gasteiger partial charge in [0.1, 0.15) is 40.0 Å². The van der Waals surface area contributed by atoms with Gasteiger partial charge in [0.05, 0.1) is 118 Å². The van der Waals surface area contributed by atoms with E-state index in [2.05, 4.69) is 147 Å². The van der Waals surface area contributed by atoms with E-state index in [4.69, 9.17) is 0 Å². The molecule has 0 saturated carbocycles. The van der Waals surface area contributed by atoms with Crippen molar-refractivity contribution in [2.75, 3.05) is 217 Å². The zero-order valence-electron chi connectivity index (χ0n) is 57.2. The lowest BCUT2D eigenvalue weighted by molar-refractivity contribution is -0.940. The molecule has 1 atom stereocenters. The Morgan fingerprint density at radius 1 is 0.380 bits per heavy atom. The van der Waals surface area contributed by atoms with Crippen LogP contribution in [0.25, 0.3) is 0 Å². The summed E-state index contributed by atoms with van der Waals surface area (Å²) in [4.78, 5) is 15.8. The highest BCUT2D eigenvalue weighted by Crippen LogP contribution is 2.29. The first-order valence-electron chi connectivity index (χ1n) is 35.1. The Bertz CT molecular complexity index is 1580. The zero-order chi connectivity index (χ0) is 58.3. The third kappa shape index (κ3) is 21.8. The van der Waals surface area contributed by atoms with Crippen LogP contribution in [0.1, 0.15) is 207 Å². The van der Waals surface area contributed by atoms with Crippen LogP contribution in [-0.4, -0.2) is 291 Å². The van der Waals surface area contributed by atoms with E-state index in [1.54, 1.807) is 0 Å². The standard InChI is InChI=1S/C13H29N2.2C12H27N2.C11H23N2.C10H21N2.C9H19N2/c1-6-13(4,5)14-10-9-11-15(7-2,8-3)12-14;1-6-14(7-2)10-8-9-13(11-14)12(3,4)5;1-5-12(4)13-9-8-10-14(6-2,7-3)11-13;1-2-6-12-7-5-10-13(11-12)8-3-4-9-13;1-2-11-6-5-9-12(10-11)7-3-4-8-12;1-10-5-4-8-11(9-10)6-2-3-7-11/h6-12H2,1-5H3;6-11H2,1-5H3;12H,5-11H2,1-4H3;2-11H2,1H3;2-10H2,1H3;2-9H2,1H3/q6*+1. The average Bonchev–Trinajstić information content (AvgIpc) is 4.26. The van der Waals surface area contributed by atoms with Gasteiger partial charge < -0.3 is 26.9 Å². The maximum absolute atomic E-state index is 2.70. The second-order valence-electron chi connectivity index (χ2n) is 29.6. The van der Waals surface area contributed by atoms with Crippen LogP contribution >= 0.6 is 0 Å². The molecule has 9 rings (SSSR count). The Kier molecular flexibility index (Phi) is 30.6. The Balaban J connectivity index is 0.000000205. The quantitative estimate of drug-likeness (QED) is 0.170. The number of hydrogen-bond acceptors (Lipinski definition) is 6. The van der Waals surface area contributed by atoms with Crippen molar-refractivity contribution in [2.45, 2.75) is 224 Å². The number of rotatable bonds is 13. The minimum atomic E-state index is 0.342. The van der Waals surface area contributed by atoms with E-state index in [1.807, 2.05) is 0 Å². The molecule has 0 N–H and O–H groups in total. The van der Waals surface area contributed by atoms with Gasteiger partial charge in [-0.1, -0.05) is 27.7 Å². The van der Waals surface area contributed by atoms with Gasteiger partial charge in [0.15, 0.2) is 0 Å². The summed E-state index contributed by atoms with van der Waals surface area (Å²) in [5.41, 5.74) is 0.725. The molecular weight excluding hydrogens is 973 g/mol. The van der Waals surface area contributed by atoms with Gasteiger partial charge >= 0.3 is 0 Å². The lowest BCUT2D eigenvalue weighted by Gasteiger charge is -2.49. The van der Waals surface area contributed by atoms with Crippen molar-refractivity contribution in [3.05, 3.63) is 0 Å². The Labute approximate surface area is 495 Å². The highest BCUT2D eigenvalue weighted by molar-refractivity contribution is 4.80. The SMILES string of the molecule is CCC(C)(C)N1CCC[N+](CC)(CC)C1.CCC(C)N1CCC[N+](CC)(CC)C1.CCCN1CCC[N+]2(CCCC2)C1.CCN1CCC[N+]2(CCCC2)C1.CC[N+]1(CC)CCCN(C(C)(C)C)C1.CN1CCC[N+]2(CCCC2)C1. The van der Waals surface area contributed by atoms with E-state index in [1.165, 1.54) is 333 Å². The number of hydrogen-bond donors (Lipinski definition) is 0. The van der Waals surface area contributed by atoms with Crippen LogP contribution in [0.3, 0.4) is 0 Å². The fraction of sp³-hybridized carbons (Fsp3) is 1.00. The third-order valence-electron chi connectivity index (χ3n) is 23.0. The van der Waals surface area contributed by atoms with Crippen molar-refractivity contribution < 1.29 is 26.9 Å². The Morgan fingerprint density at radius 2 is 0.747 bits per heavy atom. The van der Waals surface area contributed by atoms with E-state index < -0.39 is 0 Å². The van der Waals surface area contributed by atoms with E-state index in [0.29, 0.717) is 11.1 Å². The summed E-state index contributed by atoms with van der Waals surface area (Å²) in [6, 6.07) is 0.769. The number of nitrogens with zero attached hydrogens (tertiary/aromatic N) is 12. The van der Waals surface area contributed by atoms with Crippen molar-refractivity contribution >= 4 is 0 Å². The average molecular weight is 1120 g/mol. The van der Waals surface area contributed by atoms with Crippen molar-refractivity contribution in [1.82, 2.24) is 29.4 Å². The lowest BCUT2D eigenvalue weighted by Crippen LogP contribution is -2.63. The molecule has 9 saturated heterocycles. The topological polar surface area (TPSA) is 19.4 Å². The minimum absolute atomic E-state index is 0.342. The second kappa shape index (κ2) is 34.0. The van der Waals surface area contributed by atoms with Crippen LogP contribution in [0.15, 0.2) is 0 Å². The summed E-state index contributed by atoms with van der Waals surface area (Å²) in [6.45, 7) is 80.6. The summed E-state index contributed by atoms with van der Waals surface area (Å²) in [5.74, 6) is 0. The minimum Gasteiger partial charge on any atom is -0.311 e. The van der Waals surface area contributed by atoms with Crippen LogP contribution in [0.5, 0.6) is 0 Å². The summed E-state index contributed by atoms with van der Waals surface area (Å²) in [6.07, 6.45) is 21.0. The summed E-state index contributed by atoms with van der Waals surface area (Å²) >= 11 is 0. The first-order valence-corrected chi connectivity index (χ1v) is 35.1. The predicted molar refractivity (Wildman–Crippen MR) is 344 cm³/mol. The molecule has 9 heterocycles. The third-order valence-corrected chi connectivity index (χ3v) is 23.0. The molecule has 9 aliphatic rings. The molecule has 0 amide bonds. The van der Waals surface area contributed by atoms with Crippen molar-refractivity contribution in [3.63, 3.8) is 0 Å². The van der Waals surface area contributed by atoms with Gasteiger partial charge in [0.25, 0.3) is 0 Å². The van der Waals surface area contributed by atoms with Gasteiger partial charge in [0.2, 0.25) is 0 Å². The first-order chi connectivity index (χ1) is 37.6. The van der Waals surface area contributed by atoms with Crippen LogP contribution in [0.4, 0.5) is 0 Å². The molecule has 1 unspecified atom stereocenters. The molecule has 0 bridgehead atoms. The molecule has 3 spiro atoms. The molecule has 468 valence electrons. The highest BCUT2D eigenvalue weighted by atomic mass is 15.5. The summed E-state index contributed by atoms with van der Waals surface area (Å²) in [5, 5.41) is 0. The van der Waals surface area contributed by atoms with Gasteiger partial charge in [-0.15, -0.1) is 0 Å². The van der Waals surface area contributed by atoms with Crippen LogP contribution in [0, 0.1) is 0 Å². The maximum Gasteiger partial charge on any atom is 0.135 e. The molecule has 9 fully saturated rings. The van der Waals surface area contributed by atoms with E-state index in [9.17, 15) is 0 Å². The largest absolute Gasteiger partial charge is 0.311 e. The smallest absolute Gasteiger partial charge is 0.135 e. The van der Waals surface area contributed by atoms with Crippen molar-refractivity contribution in [2.24, 2.45) is 0 Å². The lowest BCUT2D eigenvalue weighted by atomic mass is 9.98. The molecular formula is C67H146N12+6. The van der Waals surface area contributed by atoms with Crippen molar-refractivity contribution in [1.29, 1.82) is 0 Å². The summed E-state index contributed by atoms with van der Waals surface area (Å²) < 4.78 is 8.16. The molecule has 0 aromatic heterocycles. The Hall–Kier alpha value is -0.480. The molecule has 9 aliphatic heterocycles. The van der Waals surface area contributed by atoms with E-state index in [0.717, 1.165) is 6.04 Å². The van der Waals surface area contributed by atoms with Gasteiger partial charge in [-0.25, -0.2) is 0 Å². The van der Waals surface area contributed by atoms with Crippen LogP contribution < -0.4 is 0 Å². The normalized spacial score (nSPS) is 26.5. The fourth-order valence-corrected chi connectivity index (χ4v) is 16.0. The molecule has 0 aliphatic carbocycles. The van der Waals surface area contributed by atoms with Crippen LogP contribution in [0.2, 0.25) is 0 Å². The van der Waals surface area contributed by atoms with Gasteiger partial charge in [-0.2, -0.15) is 0 Å². The second-order valence-corrected chi connectivity index (χ2v) is 29.6. The number of quaternary nitrogens is 6. The van der Waals surface area contributed by atoms with E-state index >= 15 is 0 Å². The van der Waals surface area contributed by atoms with Gasteiger partial charge in [-0.05, 0) is 109 Å². The molecule has 12 nitrogen and oxygen atoms in total. The molecule has 0 radical (unpaired) electrons. The van der Waals surface area contributed by atoms with Crippen LogP contribution in [-0.2, 0) is 0 Å². The van der Waals surface area contributed by atoms with E-state index in [-0.39, 0.29) is 0 Å². The molecule has 0 aromatic rings. The maximum atomic E-state index is 2.70. The van der Waals surface area contributed by atoms with Crippen molar-refractivity contribution in [3.8, 4) is 0 Å². The molecule has 79 heavy (non-hydrogen) atoms. The fourth-order valence-electron chi connectivity index (χ4n) is 16.0. The zero-order valence-corrected chi connectivity index (χ0v) is 57.2. The van der Waals surface area contributed by atoms with Gasteiger partial charge in [0, 0.05) is 147 Å². The first kappa shape index (κ1) is 71.0. The van der Waals surface area contributed by atoms with Gasteiger partial charge in [-0.3, -0.25) is 29.4 Å². The molecule has 0 aromatic carbocycles. The molecule has 12 heteroatoms. The monoisotopic (exact) mass is 1120 g/mol. The Morgan fingerprint density at radius 3 is 1.15 bits per heavy atom.